The van der Waals surface area contributed by atoms with Gasteiger partial charge in [0.15, 0.2) is 0 Å². The van der Waals surface area contributed by atoms with Gasteiger partial charge in [-0.05, 0) is 105 Å². The summed E-state index contributed by atoms with van der Waals surface area (Å²) in [5.74, 6) is 0. The van der Waals surface area contributed by atoms with E-state index in [4.69, 9.17) is 16.6 Å². The Morgan fingerprint density at radius 2 is 1.61 bits per heavy atom. The minimum absolute atomic E-state index is 0.736. The first-order valence-electron chi connectivity index (χ1n) is 10.8. The van der Waals surface area contributed by atoms with Gasteiger partial charge in [-0.25, -0.2) is 9.67 Å². The predicted octanol–water partition coefficient (Wildman–Crippen LogP) is 7.11. The molecule has 5 nitrogen and oxygen atoms in total. The number of hydrogen-bond donors (Lipinski definition) is 1. The van der Waals surface area contributed by atoms with Gasteiger partial charge in [0.25, 0.3) is 0 Å². The van der Waals surface area contributed by atoms with E-state index in [-0.39, 0.29) is 0 Å². The number of aromatic nitrogens is 4. The Morgan fingerprint density at radius 1 is 0.818 bits per heavy atom. The van der Waals surface area contributed by atoms with Crippen LogP contribution in [0.3, 0.4) is 0 Å². The summed E-state index contributed by atoms with van der Waals surface area (Å²) >= 11 is 6.17. The first-order valence-corrected chi connectivity index (χ1v) is 11.2. The van der Waals surface area contributed by atoms with Crippen LogP contribution in [0.1, 0.15) is 22.3 Å². The summed E-state index contributed by atoms with van der Waals surface area (Å²) < 4.78 is 1.81. The molecule has 0 fully saturated rings. The number of pyridine rings is 1. The fraction of sp³-hybridized carbons (Fsp3) is 0.148. The second kappa shape index (κ2) is 8.34. The Hall–Kier alpha value is -3.70. The number of nitrogens with one attached hydrogen (secondary N) is 1. The van der Waals surface area contributed by atoms with Crippen molar-refractivity contribution in [2.24, 2.45) is 0 Å². The molecule has 0 saturated heterocycles. The molecule has 0 spiro atoms. The molecule has 164 valence electrons. The van der Waals surface area contributed by atoms with Crippen molar-refractivity contribution in [3.8, 4) is 17.1 Å². The van der Waals surface area contributed by atoms with E-state index in [2.05, 4.69) is 54.6 Å². The van der Waals surface area contributed by atoms with E-state index >= 15 is 0 Å². The molecule has 0 atom stereocenters. The third kappa shape index (κ3) is 4.08. The van der Waals surface area contributed by atoms with Gasteiger partial charge in [-0.15, -0.1) is 5.10 Å². The summed E-state index contributed by atoms with van der Waals surface area (Å²) in [7, 11) is 0. The van der Waals surface area contributed by atoms with Gasteiger partial charge < -0.3 is 5.32 Å². The second-order valence-corrected chi connectivity index (χ2v) is 8.82. The predicted molar refractivity (Wildman–Crippen MR) is 136 cm³/mol. The fourth-order valence-electron chi connectivity index (χ4n) is 3.94. The minimum atomic E-state index is 0.736. The molecular weight excluding hydrogens is 430 g/mol. The second-order valence-electron chi connectivity index (χ2n) is 8.41. The van der Waals surface area contributed by atoms with Gasteiger partial charge in [-0.2, -0.15) is 0 Å². The van der Waals surface area contributed by atoms with Crippen molar-refractivity contribution in [2.75, 3.05) is 5.32 Å². The SMILES string of the molecule is Cc1cc(Nc2cccc3nc(-c4cn(-c5cc(C)c(C)c(C)c5)nn4)ccc23)ccc1Cl. The third-order valence-corrected chi connectivity index (χ3v) is 6.53. The van der Waals surface area contributed by atoms with Crippen LogP contribution in [0, 0.1) is 27.7 Å². The maximum Gasteiger partial charge on any atom is 0.131 e. The largest absolute Gasteiger partial charge is 0.355 e. The van der Waals surface area contributed by atoms with Gasteiger partial charge >= 0.3 is 0 Å². The summed E-state index contributed by atoms with van der Waals surface area (Å²) in [6, 6.07) is 20.3. The van der Waals surface area contributed by atoms with Gasteiger partial charge in [0.1, 0.15) is 5.69 Å². The highest BCUT2D eigenvalue weighted by Gasteiger charge is 2.11. The van der Waals surface area contributed by atoms with E-state index < -0.39 is 0 Å². The number of anilines is 2. The first-order chi connectivity index (χ1) is 15.9. The van der Waals surface area contributed by atoms with Crippen molar-refractivity contribution in [2.45, 2.75) is 27.7 Å². The third-order valence-electron chi connectivity index (χ3n) is 6.10. The average Bonchev–Trinajstić information content (AvgIpc) is 3.30. The van der Waals surface area contributed by atoms with E-state index in [0.29, 0.717) is 0 Å². The van der Waals surface area contributed by atoms with E-state index in [1.165, 1.54) is 16.7 Å². The Kier molecular flexibility index (Phi) is 5.35. The maximum atomic E-state index is 6.17. The molecule has 0 amide bonds. The Bertz CT molecular complexity index is 1480. The smallest absolute Gasteiger partial charge is 0.131 e. The molecule has 5 rings (SSSR count). The lowest BCUT2D eigenvalue weighted by atomic mass is 10.0. The summed E-state index contributed by atoms with van der Waals surface area (Å²) in [4.78, 5) is 4.86. The number of hydrogen-bond acceptors (Lipinski definition) is 4. The molecule has 5 aromatic rings. The van der Waals surface area contributed by atoms with E-state index in [1.54, 1.807) is 0 Å². The summed E-state index contributed by atoms with van der Waals surface area (Å²) in [6.07, 6.45) is 1.93. The lowest BCUT2D eigenvalue weighted by Gasteiger charge is -2.11. The highest BCUT2D eigenvalue weighted by atomic mass is 35.5. The quantitative estimate of drug-likeness (QED) is 0.315. The maximum absolute atomic E-state index is 6.17. The summed E-state index contributed by atoms with van der Waals surface area (Å²) in [5, 5.41) is 14.0. The van der Waals surface area contributed by atoms with Crippen LogP contribution in [0.4, 0.5) is 11.4 Å². The lowest BCUT2D eigenvalue weighted by Crippen LogP contribution is -1.98. The molecule has 33 heavy (non-hydrogen) atoms. The molecule has 0 aliphatic heterocycles. The number of nitrogens with zero attached hydrogens (tertiary/aromatic N) is 4. The average molecular weight is 454 g/mol. The zero-order valence-corrected chi connectivity index (χ0v) is 19.8. The van der Waals surface area contributed by atoms with Gasteiger partial charge in [-0.1, -0.05) is 22.9 Å². The van der Waals surface area contributed by atoms with Crippen molar-refractivity contribution in [3.63, 3.8) is 0 Å². The molecule has 2 aromatic heterocycles. The van der Waals surface area contributed by atoms with Crippen LogP contribution in [0.15, 0.2) is 66.9 Å². The van der Waals surface area contributed by atoms with Crippen LogP contribution in [-0.2, 0) is 0 Å². The molecule has 0 unspecified atom stereocenters. The molecule has 3 aromatic carbocycles. The zero-order valence-electron chi connectivity index (χ0n) is 19.0. The molecule has 0 radical (unpaired) electrons. The van der Waals surface area contributed by atoms with Gasteiger partial charge in [0.05, 0.1) is 23.1 Å². The van der Waals surface area contributed by atoms with Gasteiger partial charge in [0, 0.05) is 21.8 Å². The van der Waals surface area contributed by atoms with Gasteiger partial charge in [-0.3, -0.25) is 0 Å². The Labute approximate surface area is 198 Å². The number of aryl methyl sites for hydroxylation is 3. The molecule has 1 N–H and O–H groups in total. The van der Waals surface area contributed by atoms with Crippen molar-refractivity contribution in [3.05, 3.63) is 94.1 Å². The summed E-state index contributed by atoms with van der Waals surface area (Å²) in [6.45, 7) is 8.37. The van der Waals surface area contributed by atoms with Crippen LogP contribution in [0.5, 0.6) is 0 Å². The number of fused-ring (bicyclic) bond motifs is 1. The van der Waals surface area contributed by atoms with E-state index in [9.17, 15) is 0 Å². The minimum Gasteiger partial charge on any atom is -0.355 e. The van der Waals surface area contributed by atoms with Crippen LogP contribution < -0.4 is 5.32 Å². The first kappa shape index (κ1) is 21.2. The summed E-state index contributed by atoms with van der Waals surface area (Å²) in [5.41, 5.74) is 10.2. The van der Waals surface area contributed by atoms with Crippen molar-refractivity contribution >= 4 is 33.9 Å². The zero-order chi connectivity index (χ0) is 23.1. The Balaban J connectivity index is 1.48. The molecule has 2 heterocycles. The molecule has 0 aliphatic carbocycles. The van der Waals surface area contributed by atoms with Crippen molar-refractivity contribution in [1.82, 2.24) is 20.0 Å². The van der Waals surface area contributed by atoms with Crippen LogP contribution in [-0.4, -0.2) is 20.0 Å². The topological polar surface area (TPSA) is 55.6 Å². The highest BCUT2D eigenvalue weighted by Crippen LogP contribution is 2.29. The number of benzene rings is 3. The molecule has 0 saturated carbocycles. The monoisotopic (exact) mass is 453 g/mol. The van der Waals surface area contributed by atoms with Gasteiger partial charge in [0.2, 0.25) is 0 Å². The fourth-order valence-corrected chi connectivity index (χ4v) is 4.05. The molecule has 0 bridgehead atoms. The lowest BCUT2D eigenvalue weighted by molar-refractivity contribution is 0.801. The van der Waals surface area contributed by atoms with E-state index in [1.807, 2.05) is 60.3 Å². The normalized spacial score (nSPS) is 11.2. The highest BCUT2D eigenvalue weighted by molar-refractivity contribution is 6.31. The molecule has 0 aliphatic rings. The Morgan fingerprint density at radius 3 is 2.36 bits per heavy atom. The number of rotatable bonds is 4. The molecule has 6 heteroatoms. The van der Waals surface area contributed by atoms with E-state index in [0.717, 1.165) is 49.9 Å². The number of halogens is 1. The standard InChI is InChI=1S/C27H24ClN5/c1-16-13-21(14-17(2)19(16)4)33-15-27(31-32-33)26-11-9-22-24(6-5-7-25(22)30-26)29-20-8-10-23(28)18(3)12-20/h5-15,29H,1-4H3. The van der Waals surface area contributed by atoms with Crippen molar-refractivity contribution < 1.29 is 0 Å². The van der Waals surface area contributed by atoms with Crippen molar-refractivity contribution in [1.29, 1.82) is 0 Å². The molecular formula is C27H24ClN5. The van der Waals surface area contributed by atoms with Crippen LogP contribution in [0.25, 0.3) is 28.0 Å². The van der Waals surface area contributed by atoms with Crippen LogP contribution >= 0.6 is 11.6 Å². The van der Waals surface area contributed by atoms with Crippen LogP contribution in [0.2, 0.25) is 5.02 Å².